The van der Waals surface area contributed by atoms with Crippen LogP contribution in [0.15, 0.2) is 9.98 Å². The molecule has 0 bridgehead atoms. The maximum Gasteiger partial charge on any atom is 0.408 e. The molecule has 0 aromatic heterocycles. The first kappa shape index (κ1) is 30.4. The predicted molar refractivity (Wildman–Crippen MR) is 129 cm³/mol. The van der Waals surface area contributed by atoms with Gasteiger partial charge < -0.3 is 48.4 Å². The zero-order valence-corrected chi connectivity index (χ0v) is 20.1. The highest BCUT2D eigenvalue weighted by molar-refractivity contribution is 5.86. The monoisotopic (exact) mass is 485 g/mol. The lowest BCUT2D eigenvalue weighted by Crippen LogP contribution is -2.49. The van der Waals surface area contributed by atoms with Crippen molar-refractivity contribution in [2.75, 3.05) is 19.6 Å². The fraction of sp³-hybridized carbons (Fsp3) is 0.700. The molecule has 194 valence electrons. The van der Waals surface area contributed by atoms with Crippen molar-refractivity contribution < 1.29 is 23.9 Å². The molecule has 2 atom stereocenters. The van der Waals surface area contributed by atoms with Crippen molar-refractivity contribution in [3.05, 3.63) is 0 Å². The van der Waals surface area contributed by atoms with E-state index in [9.17, 15) is 19.2 Å². The summed E-state index contributed by atoms with van der Waals surface area (Å²) in [7, 11) is 0. The van der Waals surface area contributed by atoms with Crippen LogP contribution in [0.3, 0.4) is 0 Å². The molecule has 0 aromatic carbocycles. The van der Waals surface area contributed by atoms with Crippen molar-refractivity contribution in [1.29, 1.82) is 0 Å². The molecule has 14 nitrogen and oxygen atoms in total. The van der Waals surface area contributed by atoms with Gasteiger partial charge in [-0.2, -0.15) is 0 Å². The molecule has 0 spiro atoms. The Kier molecular flexibility index (Phi) is 14.4. The molecular weight excluding hydrogens is 446 g/mol. The Labute approximate surface area is 199 Å². The molecule has 0 heterocycles. The van der Waals surface area contributed by atoms with Gasteiger partial charge in [-0.1, -0.05) is 0 Å². The van der Waals surface area contributed by atoms with Gasteiger partial charge in [0.15, 0.2) is 11.9 Å². The number of aliphatic imine (C=N–C) groups is 2. The van der Waals surface area contributed by atoms with Gasteiger partial charge in [0, 0.05) is 26.1 Å². The van der Waals surface area contributed by atoms with Crippen LogP contribution in [0.4, 0.5) is 4.79 Å². The minimum Gasteiger partial charge on any atom is -0.444 e. The minimum absolute atomic E-state index is 0.00461. The molecule has 0 unspecified atom stereocenters. The summed E-state index contributed by atoms with van der Waals surface area (Å²) in [4.78, 5) is 55.6. The third-order valence-corrected chi connectivity index (χ3v) is 4.08. The highest BCUT2D eigenvalue weighted by Gasteiger charge is 2.24. The lowest BCUT2D eigenvalue weighted by molar-refractivity contribution is -0.125. The smallest absolute Gasteiger partial charge is 0.408 e. The molecule has 3 amide bonds. The van der Waals surface area contributed by atoms with E-state index in [2.05, 4.69) is 25.9 Å². The minimum atomic E-state index is -0.912. The van der Waals surface area contributed by atoms with E-state index in [-0.39, 0.29) is 37.9 Å². The van der Waals surface area contributed by atoms with Gasteiger partial charge in [-0.05, 0) is 46.5 Å². The Morgan fingerprint density at radius 1 is 0.941 bits per heavy atom. The molecule has 34 heavy (non-hydrogen) atoms. The quantitative estimate of drug-likeness (QED) is 0.0596. The number of nitrogens with two attached hydrogens (primary N) is 4. The predicted octanol–water partition coefficient (Wildman–Crippen LogP) is -1.82. The van der Waals surface area contributed by atoms with Crippen molar-refractivity contribution in [3.8, 4) is 0 Å². The third-order valence-electron chi connectivity index (χ3n) is 4.08. The zero-order chi connectivity index (χ0) is 26.1. The van der Waals surface area contributed by atoms with Crippen LogP contribution < -0.4 is 38.9 Å². The number of carbonyl (C=O) groups is 4. The molecule has 0 rings (SSSR count). The van der Waals surface area contributed by atoms with Crippen molar-refractivity contribution in [3.63, 3.8) is 0 Å². The zero-order valence-electron chi connectivity index (χ0n) is 20.1. The summed E-state index contributed by atoms with van der Waals surface area (Å²) in [6.45, 7) is 5.73. The molecule has 0 fully saturated rings. The Morgan fingerprint density at radius 3 is 2.00 bits per heavy atom. The number of nitrogens with one attached hydrogen (secondary N) is 3. The van der Waals surface area contributed by atoms with Crippen LogP contribution in [0.5, 0.6) is 0 Å². The summed E-state index contributed by atoms with van der Waals surface area (Å²) in [5.74, 6) is -1.02. The Balaban J connectivity index is 4.66. The van der Waals surface area contributed by atoms with Crippen molar-refractivity contribution in [2.24, 2.45) is 32.9 Å². The van der Waals surface area contributed by atoms with E-state index in [4.69, 9.17) is 27.7 Å². The highest BCUT2D eigenvalue weighted by atomic mass is 16.6. The molecule has 0 saturated carbocycles. The number of ether oxygens (including phenoxy) is 1. The SMILES string of the molecule is CC(C)(C)OC(=O)N[C@H](CCCN=C(N)N)C(=O)NCCC(=O)N[C@H](C=O)CCCN=C(N)N. The van der Waals surface area contributed by atoms with E-state index in [1.165, 1.54) is 0 Å². The fourth-order valence-electron chi connectivity index (χ4n) is 2.62. The van der Waals surface area contributed by atoms with E-state index < -0.39 is 35.6 Å². The molecule has 0 aliphatic carbocycles. The number of aldehydes is 1. The Hall–Kier alpha value is -3.58. The second-order valence-electron chi connectivity index (χ2n) is 8.45. The lowest BCUT2D eigenvalue weighted by Gasteiger charge is -2.23. The second kappa shape index (κ2) is 16.1. The van der Waals surface area contributed by atoms with Crippen LogP contribution >= 0.6 is 0 Å². The first-order chi connectivity index (χ1) is 15.8. The molecule has 0 aliphatic heterocycles. The average molecular weight is 486 g/mol. The van der Waals surface area contributed by atoms with Crippen LogP contribution in [-0.2, 0) is 19.1 Å². The normalized spacial score (nSPS) is 12.4. The van der Waals surface area contributed by atoms with E-state index in [0.717, 1.165) is 0 Å². The summed E-state index contributed by atoms with van der Waals surface area (Å²) in [5.41, 5.74) is 20.3. The summed E-state index contributed by atoms with van der Waals surface area (Å²) < 4.78 is 5.20. The number of rotatable bonds is 15. The number of nitrogens with zero attached hydrogens (tertiary/aromatic N) is 2. The Bertz CT molecular complexity index is 726. The largest absolute Gasteiger partial charge is 0.444 e. The van der Waals surface area contributed by atoms with Gasteiger partial charge in [0.25, 0.3) is 0 Å². The van der Waals surface area contributed by atoms with Gasteiger partial charge >= 0.3 is 6.09 Å². The van der Waals surface area contributed by atoms with Crippen LogP contribution in [-0.4, -0.2) is 73.4 Å². The van der Waals surface area contributed by atoms with Crippen molar-refractivity contribution >= 4 is 36.1 Å². The van der Waals surface area contributed by atoms with Crippen molar-refractivity contribution in [1.82, 2.24) is 16.0 Å². The number of hydrogen-bond acceptors (Lipinski definition) is 7. The third kappa shape index (κ3) is 17.0. The molecular formula is C20H39N9O5. The van der Waals surface area contributed by atoms with Crippen LogP contribution in [0.1, 0.15) is 52.9 Å². The molecule has 0 radical (unpaired) electrons. The second-order valence-corrected chi connectivity index (χ2v) is 8.45. The maximum atomic E-state index is 12.6. The topological polar surface area (TPSA) is 242 Å². The van der Waals surface area contributed by atoms with Gasteiger partial charge in [-0.25, -0.2) is 4.79 Å². The highest BCUT2D eigenvalue weighted by Crippen LogP contribution is 2.08. The first-order valence-corrected chi connectivity index (χ1v) is 11.0. The van der Waals surface area contributed by atoms with E-state index in [1.807, 2.05) is 0 Å². The van der Waals surface area contributed by atoms with Crippen LogP contribution in [0, 0.1) is 0 Å². The maximum absolute atomic E-state index is 12.6. The first-order valence-electron chi connectivity index (χ1n) is 11.0. The number of alkyl carbamates (subject to hydrolysis) is 1. The number of hydrogen-bond donors (Lipinski definition) is 7. The van der Waals surface area contributed by atoms with E-state index in [0.29, 0.717) is 32.1 Å². The van der Waals surface area contributed by atoms with E-state index >= 15 is 0 Å². The molecule has 0 aliphatic rings. The lowest BCUT2D eigenvalue weighted by atomic mass is 10.1. The van der Waals surface area contributed by atoms with Gasteiger partial charge in [0.05, 0.1) is 6.04 Å². The van der Waals surface area contributed by atoms with Crippen molar-refractivity contribution in [2.45, 2.75) is 70.6 Å². The molecule has 0 aromatic rings. The molecule has 14 heteroatoms. The number of amides is 3. The van der Waals surface area contributed by atoms with Gasteiger partial charge in [-0.3, -0.25) is 19.6 Å². The number of guanidine groups is 2. The molecule has 11 N–H and O–H groups in total. The molecule has 0 saturated heterocycles. The average Bonchev–Trinajstić information content (AvgIpc) is 2.70. The summed E-state index contributed by atoms with van der Waals surface area (Å²) in [6.07, 6.45) is 1.37. The van der Waals surface area contributed by atoms with Crippen LogP contribution in [0.2, 0.25) is 0 Å². The van der Waals surface area contributed by atoms with E-state index in [1.54, 1.807) is 20.8 Å². The summed E-state index contributed by atoms with van der Waals surface area (Å²) in [6, 6.07) is -1.60. The summed E-state index contributed by atoms with van der Waals surface area (Å²) >= 11 is 0. The van der Waals surface area contributed by atoms with Gasteiger partial charge in [-0.15, -0.1) is 0 Å². The van der Waals surface area contributed by atoms with Gasteiger partial charge in [0.2, 0.25) is 11.8 Å². The summed E-state index contributed by atoms with van der Waals surface area (Å²) in [5, 5.41) is 7.69. The van der Waals surface area contributed by atoms with Crippen LogP contribution in [0.25, 0.3) is 0 Å². The fourth-order valence-corrected chi connectivity index (χ4v) is 2.62. The number of carbonyl (C=O) groups excluding carboxylic acids is 4. The standard InChI is InChI=1S/C20H39N9O5/c1-20(2,3)34-19(33)29-14(7-5-10-27-18(23)24)16(32)25-11-8-15(31)28-13(12-30)6-4-9-26-17(21)22/h12-14H,4-11H2,1-3H3,(H,25,32)(H,28,31)(H,29,33)(H4,21,22,26)(H4,23,24,27)/t13-,14+/m0/s1. The Morgan fingerprint density at radius 2 is 1.50 bits per heavy atom. The van der Waals surface area contributed by atoms with Gasteiger partial charge in [0.1, 0.15) is 17.9 Å².